The van der Waals surface area contributed by atoms with E-state index >= 15 is 0 Å². The van der Waals surface area contributed by atoms with Gasteiger partial charge in [-0.15, -0.1) is 0 Å². The average molecular weight is 171 g/mol. The fourth-order valence-corrected chi connectivity index (χ4v) is 1.35. The summed E-state index contributed by atoms with van der Waals surface area (Å²) in [6.07, 6.45) is 8.82. The lowest BCUT2D eigenvalue weighted by atomic mass is 10.0. The Morgan fingerprint density at radius 3 is 2.25 bits per heavy atom. The van der Waals surface area contributed by atoms with Crippen molar-refractivity contribution in [1.82, 2.24) is 0 Å². The SMILES string of the molecule is [2H]C(CCCCC)CCCC(C)C. The highest BCUT2D eigenvalue weighted by Gasteiger charge is 1.93. The Labute approximate surface area is 80.2 Å². The van der Waals surface area contributed by atoms with Gasteiger partial charge in [-0.2, -0.15) is 0 Å². The van der Waals surface area contributed by atoms with Gasteiger partial charge in [0, 0.05) is 1.37 Å². The van der Waals surface area contributed by atoms with Gasteiger partial charge >= 0.3 is 0 Å². The quantitative estimate of drug-likeness (QED) is 0.461. The van der Waals surface area contributed by atoms with E-state index in [-0.39, 0.29) is 6.40 Å². The smallest absolute Gasteiger partial charge is 0.0267 e. The summed E-state index contributed by atoms with van der Waals surface area (Å²) in [7, 11) is 0. The summed E-state index contributed by atoms with van der Waals surface area (Å²) < 4.78 is 7.79. The molecule has 0 aromatic carbocycles. The minimum atomic E-state index is 0.213. The maximum atomic E-state index is 7.79. The molecule has 0 aromatic heterocycles. The molecule has 0 aliphatic rings. The van der Waals surface area contributed by atoms with E-state index in [0.717, 1.165) is 18.8 Å². The molecule has 0 bridgehead atoms. The Hall–Kier alpha value is 0. The summed E-state index contributed by atoms with van der Waals surface area (Å²) >= 11 is 0. The second-order valence-electron chi connectivity index (χ2n) is 4.11. The summed E-state index contributed by atoms with van der Waals surface area (Å²) in [5.41, 5.74) is 0. The average Bonchev–Trinajstić information content (AvgIpc) is 2.04. The first-order valence-electron chi connectivity index (χ1n) is 6.16. The molecule has 0 heterocycles. The zero-order valence-corrected chi connectivity index (χ0v) is 9.10. The van der Waals surface area contributed by atoms with Crippen molar-refractivity contribution in [2.24, 2.45) is 5.92 Å². The maximum absolute atomic E-state index is 7.79. The number of unbranched alkanes of at least 4 members (excludes halogenated alkanes) is 2. The molecule has 1 unspecified atom stereocenters. The molecule has 0 N–H and O–H groups in total. The van der Waals surface area contributed by atoms with E-state index in [0.29, 0.717) is 0 Å². The van der Waals surface area contributed by atoms with Gasteiger partial charge in [0.2, 0.25) is 0 Å². The van der Waals surface area contributed by atoms with E-state index in [4.69, 9.17) is 1.37 Å². The van der Waals surface area contributed by atoms with Crippen LogP contribution >= 0.6 is 0 Å². The van der Waals surface area contributed by atoms with Crippen molar-refractivity contribution in [3.63, 3.8) is 0 Å². The van der Waals surface area contributed by atoms with E-state index in [1.807, 2.05) is 0 Å². The first-order valence-corrected chi connectivity index (χ1v) is 5.59. The monoisotopic (exact) mass is 171 g/mol. The molecule has 0 amide bonds. The molecular weight excluding hydrogens is 144 g/mol. The van der Waals surface area contributed by atoms with Crippen molar-refractivity contribution in [1.29, 1.82) is 0 Å². The third-order valence-electron chi connectivity index (χ3n) is 2.20. The van der Waals surface area contributed by atoms with Crippen LogP contribution in [0.4, 0.5) is 0 Å². The van der Waals surface area contributed by atoms with Crippen LogP contribution in [0.5, 0.6) is 0 Å². The summed E-state index contributed by atoms with van der Waals surface area (Å²) in [5.74, 6) is 0.808. The molecule has 0 aliphatic heterocycles. The predicted octanol–water partition coefficient (Wildman–Crippen LogP) is 4.78. The third-order valence-corrected chi connectivity index (χ3v) is 2.20. The van der Waals surface area contributed by atoms with Gasteiger partial charge in [0.15, 0.2) is 0 Å². The molecule has 0 aromatic rings. The first-order chi connectivity index (χ1) is 6.16. The molecule has 0 nitrogen and oxygen atoms in total. The highest BCUT2D eigenvalue weighted by Crippen LogP contribution is 2.11. The Bertz CT molecular complexity index is 99.3. The van der Waals surface area contributed by atoms with Crippen LogP contribution in [0.1, 0.15) is 73.5 Å². The van der Waals surface area contributed by atoms with E-state index in [2.05, 4.69) is 20.8 Å². The van der Waals surface area contributed by atoms with Gasteiger partial charge in [-0.25, -0.2) is 0 Å². The Morgan fingerprint density at radius 1 is 1.00 bits per heavy atom. The Morgan fingerprint density at radius 2 is 1.67 bits per heavy atom. The fraction of sp³-hybridized carbons (Fsp3) is 1.00. The number of hydrogen-bond acceptors (Lipinski definition) is 0. The van der Waals surface area contributed by atoms with Crippen molar-refractivity contribution >= 4 is 0 Å². The largest absolute Gasteiger partial charge is 0.0654 e. The fourth-order valence-electron chi connectivity index (χ4n) is 1.35. The zero-order valence-electron chi connectivity index (χ0n) is 10.1. The third kappa shape index (κ3) is 10.0. The topological polar surface area (TPSA) is 0 Å². The van der Waals surface area contributed by atoms with Crippen LogP contribution in [-0.2, 0) is 0 Å². The number of hydrogen-bond donors (Lipinski definition) is 0. The number of rotatable bonds is 8. The molecule has 12 heavy (non-hydrogen) atoms. The standard InChI is InChI=1S/C12H26/c1-4-5-6-7-8-9-10-11-12(2)3/h12H,4-11H2,1-3H3/i8D. The van der Waals surface area contributed by atoms with Crippen LogP contribution in [0.15, 0.2) is 0 Å². The minimum absolute atomic E-state index is 0.213. The van der Waals surface area contributed by atoms with Crippen LogP contribution in [0.3, 0.4) is 0 Å². The van der Waals surface area contributed by atoms with Gasteiger partial charge in [0.25, 0.3) is 0 Å². The van der Waals surface area contributed by atoms with Gasteiger partial charge < -0.3 is 0 Å². The van der Waals surface area contributed by atoms with Crippen LogP contribution < -0.4 is 0 Å². The lowest BCUT2D eigenvalue weighted by Gasteiger charge is -2.03. The maximum Gasteiger partial charge on any atom is 0.0267 e. The van der Waals surface area contributed by atoms with Crippen molar-refractivity contribution in [3.8, 4) is 0 Å². The van der Waals surface area contributed by atoms with Crippen LogP contribution in [-0.4, -0.2) is 0 Å². The van der Waals surface area contributed by atoms with Crippen LogP contribution in [0.2, 0.25) is 0 Å². The van der Waals surface area contributed by atoms with E-state index in [1.165, 1.54) is 32.1 Å². The van der Waals surface area contributed by atoms with Crippen LogP contribution in [0.25, 0.3) is 0 Å². The van der Waals surface area contributed by atoms with Gasteiger partial charge in [-0.05, 0) is 5.92 Å². The zero-order chi connectivity index (χ0) is 10.1. The minimum Gasteiger partial charge on any atom is -0.0654 e. The first kappa shape index (κ1) is 10.1. The molecule has 0 aliphatic carbocycles. The molecule has 0 saturated heterocycles. The van der Waals surface area contributed by atoms with Crippen molar-refractivity contribution in [3.05, 3.63) is 0 Å². The second-order valence-corrected chi connectivity index (χ2v) is 4.11. The highest BCUT2D eigenvalue weighted by atomic mass is 14.0. The van der Waals surface area contributed by atoms with Gasteiger partial charge in [0.1, 0.15) is 0 Å². The van der Waals surface area contributed by atoms with Crippen molar-refractivity contribution in [2.45, 2.75) is 72.1 Å². The lowest BCUT2D eigenvalue weighted by Crippen LogP contribution is -1.87. The van der Waals surface area contributed by atoms with Gasteiger partial charge in [-0.3, -0.25) is 0 Å². The Balaban J connectivity index is 3.15. The van der Waals surface area contributed by atoms with E-state index in [1.54, 1.807) is 0 Å². The van der Waals surface area contributed by atoms with E-state index in [9.17, 15) is 0 Å². The second kappa shape index (κ2) is 9.09. The van der Waals surface area contributed by atoms with E-state index < -0.39 is 0 Å². The summed E-state index contributed by atoms with van der Waals surface area (Å²) in [6, 6.07) is 0. The van der Waals surface area contributed by atoms with Crippen molar-refractivity contribution < 1.29 is 1.37 Å². The summed E-state index contributed by atoms with van der Waals surface area (Å²) in [6.45, 7) is 6.74. The lowest BCUT2D eigenvalue weighted by molar-refractivity contribution is 0.511. The predicted molar refractivity (Wildman–Crippen MR) is 57.4 cm³/mol. The van der Waals surface area contributed by atoms with Gasteiger partial charge in [0.05, 0.1) is 0 Å². The molecule has 1 atom stereocenters. The molecule has 0 spiro atoms. The molecular formula is C12H26. The van der Waals surface area contributed by atoms with Crippen LogP contribution in [0, 0.1) is 5.92 Å². The normalized spacial score (nSPS) is 14.8. The Kier molecular flexibility index (Phi) is 7.64. The molecule has 0 radical (unpaired) electrons. The molecule has 74 valence electrons. The molecule has 0 fully saturated rings. The molecule has 0 rings (SSSR count). The summed E-state index contributed by atoms with van der Waals surface area (Å²) in [4.78, 5) is 0. The molecule has 0 saturated carbocycles. The van der Waals surface area contributed by atoms with Gasteiger partial charge in [-0.1, -0.05) is 72.1 Å². The van der Waals surface area contributed by atoms with Crippen molar-refractivity contribution in [2.75, 3.05) is 0 Å². The highest BCUT2D eigenvalue weighted by molar-refractivity contribution is 4.48. The summed E-state index contributed by atoms with van der Waals surface area (Å²) in [5, 5.41) is 0. The molecule has 0 heteroatoms.